The van der Waals surface area contributed by atoms with Crippen molar-refractivity contribution in [2.75, 3.05) is 33.3 Å². The molecule has 1 amide bonds. The molecule has 0 aliphatic carbocycles. The summed E-state index contributed by atoms with van der Waals surface area (Å²) >= 11 is 5.99. The summed E-state index contributed by atoms with van der Waals surface area (Å²) in [5.74, 6) is 0.662. The lowest BCUT2D eigenvalue weighted by molar-refractivity contribution is -0.139. The molecule has 36 heavy (non-hydrogen) atoms. The van der Waals surface area contributed by atoms with Crippen LogP contribution in [0.2, 0.25) is 5.02 Å². The van der Waals surface area contributed by atoms with E-state index >= 15 is 0 Å². The van der Waals surface area contributed by atoms with E-state index in [0.29, 0.717) is 37.7 Å². The molecule has 0 radical (unpaired) electrons. The first-order chi connectivity index (χ1) is 17.5. The highest BCUT2D eigenvalue weighted by atomic mass is 35.5. The molecule has 0 spiro atoms. The van der Waals surface area contributed by atoms with Crippen LogP contribution in [0.25, 0.3) is 0 Å². The zero-order chi connectivity index (χ0) is 25.3. The second-order valence-electron chi connectivity index (χ2n) is 8.93. The molecule has 188 valence electrons. The van der Waals surface area contributed by atoms with E-state index in [0.717, 1.165) is 41.1 Å². The molecule has 0 bridgehead atoms. The van der Waals surface area contributed by atoms with Crippen molar-refractivity contribution in [3.8, 4) is 5.75 Å². The number of hydrogen-bond acceptors (Lipinski definition) is 5. The summed E-state index contributed by atoms with van der Waals surface area (Å²) in [4.78, 5) is 28.8. The minimum atomic E-state index is -0.277. The Morgan fingerprint density at radius 1 is 0.833 bits per heavy atom. The number of benzene rings is 3. The van der Waals surface area contributed by atoms with Crippen LogP contribution in [0.1, 0.15) is 22.3 Å². The topological polar surface area (TPSA) is 59.1 Å². The lowest BCUT2D eigenvalue weighted by atomic mass is 10.1. The monoisotopic (exact) mass is 506 g/mol. The van der Waals surface area contributed by atoms with E-state index in [4.69, 9.17) is 21.1 Å². The normalized spacial score (nSPS) is 13.9. The zero-order valence-corrected chi connectivity index (χ0v) is 21.2. The van der Waals surface area contributed by atoms with Crippen molar-refractivity contribution in [1.82, 2.24) is 9.80 Å². The molecule has 7 heteroatoms. The van der Waals surface area contributed by atoms with Gasteiger partial charge in [-0.3, -0.25) is 14.5 Å². The smallest absolute Gasteiger partial charge is 0.309 e. The lowest BCUT2D eigenvalue weighted by Gasteiger charge is -2.35. The van der Waals surface area contributed by atoms with Crippen molar-refractivity contribution in [3.05, 3.63) is 100 Å². The molecular formula is C29H31ClN2O4. The molecule has 3 aromatic carbocycles. The number of hydrogen-bond donors (Lipinski definition) is 0. The molecule has 6 nitrogen and oxygen atoms in total. The summed E-state index contributed by atoms with van der Waals surface area (Å²) in [5, 5.41) is 0.688. The predicted molar refractivity (Wildman–Crippen MR) is 140 cm³/mol. The molecule has 3 aromatic rings. The van der Waals surface area contributed by atoms with Gasteiger partial charge in [0.2, 0.25) is 5.91 Å². The van der Waals surface area contributed by atoms with E-state index in [-0.39, 0.29) is 18.3 Å². The van der Waals surface area contributed by atoms with Crippen molar-refractivity contribution < 1.29 is 19.1 Å². The van der Waals surface area contributed by atoms with Gasteiger partial charge in [0.15, 0.2) is 0 Å². The van der Waals surface area contributed by atoms with Gasteiger partial charge in [-0.2, -0.15) is 0 Å². The molecule has 1 aliphatic rings. The Morgan fingerprint density at radius 2 is 1.53 bits per heavy atom. The van der Waals surface area contributed by atoms with Crippen LogP contribution in [0.3, 0.4) is 0 Å². The summed E-state index contributed by atoms with van der Waals surface area (Å²) in [6.45, 7) is 4.02. The highest BCUT2D eigenvalue weighted by molar-refractivity contribution is 6.30. The minimum Gasteiger partial charge on any atom is -0.489 e. The van der Waals surface area contributed by atoms with Crippen LogP contribution >= 0.6 is 11.6 Å². The fourth-order valence-corrected chi connectivity index (χ4v) is 4.39. The lowest BCUT2D eigenvalue weighted by Crippen LogP contribution is -2.48. The van der Waals surface area contributed by atoms with Crippen molar-refractivity contribution in [1.29, 1.82) is 0 Å². The SMILES string of the molecule is COC(=O)Cc1ccc(OCc2ccc(Cl)cc2)c(CN2CCN(C(=O)Cc3ccccc3)CC2)c1. The summed E-state index contributed by atoms with van der Waals surface area (Å²) in [6, 6.07) is 23.3. The fraction of sp³-hybridized carbons (Fsp3) is 0.310. The first-order valence-electron chi connectivity index (χ1n) is 12.1. The van der Waals surface area contributed by atoms with Gasteiger partial charge in [0, 0.05) is 43.3 Å². The molecule has 1 heterocycles. The van der Waals surface area contributed by atoms with Gasteiger partial charge in [-0.1, -0.05) is 66.2 Å². The molecule has 0 N–H and O–H groups in total. The number of halogens is 1. The Kier molecular flexibility index (Phi) is 8.98. The van der Waals surface area contributed by atoms with Crippen molar-refractivity contribution in [3.63, 3.8) is 0 Å². The van der Waals surface area contributed by atoms with Gasteiger partial charge in [0.25, 0.3) is 0 Å². The van der Waals surface area contributed by atoms with E-state index in [2.05, 4.69) is 4.90 Å². The second kappa shape index (κ2) is 12.6. The van der Waals surface area contributed by atoms with Gasteiger partial charge < -0.3 is 14.4 Å². The van der Waals surface area contributed by atoms with Crippen LogP contribution in [0, 0.1) is 0 Å². The van der Waals surface area contributed by atoms with Gasteiger partial charge in [0.05, 0.1) is 20.0 Å². The van der Waals surface area contributed by atoms with Crippen LogP contribution in [0.15, 0.2) is 72.8 Å². The highest BCUT2D eigenvalue weighted by Crippen LogP contribution is 2.25. The number of esters is 1. The number of carbonyl (C=O) groups is 2. The number of rotatable bonds is 9. The Bertz CT molecular complexity index is 1160. The maximum absolute atomic E-state index is 12.7. The van der Waals surface area contributed by atoms with Crippen LogP contribution < -0.4 is 4.74 Å². The van der Waals surface area contributed by atoms with Gasteiger partial charge in [0.1, 0.15) is 12.4 Å². The van der Waals surface area contributed by atoms with Gasteiger partial charge in [-0.15, -0.1) is 0 Å². The Hall–Kier alpha value is -3.35. The number of piperazine rings is 1. The zero-order valence-electron chi connectivity index (χ0n) is 20.5. The molecular weight excluding hydrogens is 476 g/mol. The Labute approximate surface area is 217 Å². The average Bonchev–Trinajstić information content (AvgIpc) is 2.90. The van der Waals surface area contributed by atoms with Gasteiger partial charge in [-0.05, 0) is 34.9 Å². The summed E-state index contributed by atoms with van der Waals surface area (Å²) in [5.41, 5.74) is 3.95. The predicted octanol–water partition coefficient (Wildman–Crippen LogP) is 4.52. The molecule has 1 fully saturated rings. The van der Waals surface area contributed by atoms with Crippen molar-refractivity contribution >= 4 is 23.5 Å². The fourth-order valence-electron chi connectivity index (χ4n) is 4.27. The van der Waals surface area contributed by atoms with E-state index in [9.17, 15) is 9.59 Å². The van der Waals surface area contributed by atoms with Crippen LogP contribution in [-0.4, -0.2) is 55.0 Å². The third-order valence-electron chi connectivity index (χ3n) is 6.33. The third kappa shape index (κ3) is 7.33. The average molecular weight is 507 g/mol. The van der Waals surface area contributed by atoms with E-state index in [1.165, 1.54) is 7.11 Å². The number of amides is 1. The molecule has 0 aromatic heterocycles. The highest BCUT2D eigenvalue weighted by Gasteiger charge is 2.22. The van der Waals surface area contributed by atoms with Gasteiger partial charge in [-0.25, -0.2) is 0 Å². The minimum absolute atomic E-state index is 0.160. The number of ether oxygens (including phenoxy) is 2. The number of methoxy groups -OCH3 is 1. The van der Waals surface area contributed by atoms with Crippen molar-refractivity contribution in [2.24, 2.45) is 0 Å². The summed E-state index contributed by atoms with van der Waals surface area (Å²) < 4.78 is 11.0. The van der Waals surface area contributed by atoms with E-state index in [1.807, 2.05) is 77.7 Å². The summed E-state index contributed by atoms with van der Waals surface area (Å²) in [7, 11) is 1.39. The van der Waals surface area contributed by atoms with Gasteiger partial charge >= 0.3 is 5.97 Å². The third-order valence-corrected chi connectivity index (χ3v) is 6.58. The maximum atomic E-state index is 12.7. The van der Waals surface area contributed by atoms with Crippen LogP contribution in [-0.2, 0) is 40.3 Å². The molecule has 1 saturated heterocycles. The molecule has 0 unspecified atom stereocenters. The van der Waals surface area contributed by atoms with Crippen LogP contribution in [0.5, 0.6) is 5.75 Å². The number of nitrogens with zero attached hydrogens (tertiary/aromatic N) is 2. The quantitative estimate of drug-likeness (QED) is 0.399. The molecule has 4 rings (SSSR count). The molecule has 0 atom stereocenters. The maximum Gasteiger partial charge on any atom is 0.309 e. The van der Waals surface area contributed by atoms with E-state index in [1.54, 1.807) is 0 Å². The first kappa shape index (κ1) is 25.7. The Balaban J connectivity index is 1.39. The Morgan fingerprint density at radius 3 is 2.22 bits per heavy atom. The summed E-state index contributed by atoms with van der Waals surface area (Å²) in [6.07, 6.45) is 0.641. The first-order valence-corrected chi connectivity index (χ1v) is 12.5. The van der Waals surface area contributed by atoms with E-state index < -0.39 is 0 Å². The second-order valence-corrected chi connectivity index (χ2v) is 9.37. The molecule has 1 aliphatic heterocycles. The number of carbonyl (C=O) groups excluding carboxylic acids is 2. The van der Waals surface area contributed by atoms with Crippen LogP contribution in [0.4, 0.5) is 0 Å². The van der Waals surface area contributed by atoms with Crippen molar-refractivity contribution in [2.45, 2.75) is 26.0 Å². The molecule has 0 saturated carbocycles. The largest absolute Gasteiger partial charge is 0.489 e. The standard InChI is InChI=1S/C29H31ClN2O4/c1-35-29(34)19-24-9-12-27(36-21-23-7-10-26(30)11-8-23)25(17-24)20-31-13-15-32(16-14-31)28(33)18-22-5-3-2-4-6-22/h2-12,17H,13-16,18-21H2,1H3.